The van der Waals surface area contributed by atoms with Gasteiger partial charge in [-0.2, -0.15) is 0 Å². The molecular weight excluding hydrogens is 325 g/mol. The highest BCUT2D eigenvalue weighted by Crippen LogP contribution is 2.25. The Balaban J connectivity index is 1.97. The number of aryl methyl sites for hydroxylation is 1. The first-order valence-electron chi connectivity index (χ1n) is 7.34. The number of likely N-dealkylation sites (tertiary alicyclic amines) is 1. The normalized spacial score (nSPS) is 21.7. The highest BCUT2D eigenvalue weighted by atomic mass is 35.5. The molecule has 1 aliphatic rings. The third-order valence-electron chi connectivity index (χ3n) is 4.17. The van der Waals surface area contributed by atoms with Crippen molar-refractivity contribution in [3.05, 3.63) is 33.8 Å². The van der Waals surface area contributed by atoms with Gasteiger partial charge in [-0.1, -0.05) is 29.3 Å². The predicted molar refractivity (Wildman–Crippen MR) is 86.3 cm³/mol. The topological polar surface area (TPSA) is 57.6 Å². The zero-order valence-corrected chi connectivity index (χ0v) is 13.9. The monoisotopic (exact) mass is 343 g/mol. The number of rotatable bonds is 4. The summed E-state index contributed by atoms with van der Waals surface area (Å²) in [7, 11) is 0. The molecule has 0 saturated carbocycles. The van der Waals surface area contributed by atoms with Crippen molar-refractivity contribution in [3.8, 4) is 0 Å². The fraction of sp³-hybridized carbons (Fsp3) is 0.500. The number of carbonyl (C=O) groups is 2. The van der Waals surface area contributed by atoms with E-state index in [9.17, 15) is 9.59 Å². The molecule has 2 atom stereocenters. The van der Waals surface area contributed by atoms with Gasteiger partial charge >= 0.3 is 5.97 Å². The lowest BCUT2D eigenvalue weighted by Crippen LogP contribution is -2.47. The molecule has 1 fully saturated rings. The number of carboxylic acid groups (broad SMARTS) is 1. The Morgan fingerprint density at radius 2 is 2.05 bits per heavy atom. The number of aliphatic carboxylic acids is 1. The van der Waals surface area contributed by atoms with Crippen LogP contribution in [0.2, 0.25) is 10.0 Å². The zero-order valence-electron chi connectivity index (χ0n) is 12.4. The van der Waals surface area contributed by atoms with Crippen LogP contribution in [0.1, 0.15) is 31.7 Å². The van der Waals surface area contributed by atoms with Crippen LogP contribution in [0, 0.1) is 5.92 Å². The molecule has 0 spiro atoms. The molecule has 1 aromatic carbocycles. The molecule has 120 valence electrons. The van der Waals surface area contributed by atoms with Crippen molar-refractivity contribution in [2.75, 3.05) is 6.54 Å². The Morgan fingerprint density at radius 3 is 2.68 bits per heavy atom. The first-order chi connectivity index (χ1) is 10.4. The maximum Gasteiger partial charge on any atom is 0.308 e. The van der Waals surface area contributed by atoms with Crippen LogP contribution in [0.25, 0.3) is 0 Å². The van der Waals surface area contributed by atoms with Crippen molar-refractivity contribution in [2.24, 2.45) is 5.92 Å². The molecular formula is C16H19Cl2NO3. The number of piperidine rings is 1. The Kier molecular flexibility index (Phi) is 5.70. The highest BCUT2D eigenvalue weighted by molar-refractivity contribution is 6.35. The van der Waals surface area contributed by atoms with E-state index in [0.717, 1.165) is 12.0 Å². The molecule has 1 amide bonds. The smallest absolute Gasteiger partial charge is 0.308 e. The molecule has 0 aliphatic carbocycles. The van der Waals surface area contributed by atoms with Crippen LogP contribution in [-0.4, -0.2) is 34.5 Å². The van der Waals surface area contributed by atoms with Crippen LogP contribution in [0.3, 0.4) is 0 Å². The Labute approximate surface area is 140 Å². The first-order valence-corrected chi connectivity index (χ1v) is 8.10. The Morgan fingerprint density at radius 1 is 1.32 bits per heavy atom. The SMILES string of the molecule is CC1CCC(C(=O)O)CN1C(=O)CCc1ccc(Cl)cc1Cl. The van der Waals surface area contributed by atoms with Crippen LogP contribution in [0.15, 0.2) is 18.2 Å². The van der Waals surface area contributed by atoms with Crippen molar-refractivity contribution in [3.63, 3.8) is 0 Å². The minimum Gasteiger partial charge on any atom is -0.481 e. The van der Waals surface area contributed by atoms with Gasteiger partial charge in [0.25, 0.3) is 0 Å². The molecule has 6 heteroatoms. The van der Waals surface area contributed by atoms with E-state index in [-0.39, 0.29) is 11.9 Å². The summed E-state index contributed by atoms with van der Waals surface area (Å²) < 4.78 is 0. The van der Waals surface area contributed by atoms with Gasteiger partial charge in [0.2, 0.25) is 5.91 Å². The quantitative estimate of drug-likeness (QED) is 0.907. The highest BCUT2D eigenvalue weighted by Gasteiger charge is 2.32. The molecule has 0 bridgehead atoms. The van der Waals surface area contributed by atoms with Crippen LogP contribution < -0.4 is 0 Å². The summed E-state index contributed by atoms with van der Waals surface area (Å²) >= 11 is 12.0. The Hall–Kier alpha value is -1.26. The number of benzene rings is 1. The van der Waals surface area contributed by atoms with Gasteiger partial charge in [-0.3, -0.25) is 9.59 Å². The van der Waals surface area contributed by atoms with Crippen molar-refractivity contribution >= 4 is 35.1 Å². The number of halogens is 2. The molecule has 1 heterocycles. The molecule has 0 radical (unpaired) electrons. The van der Waals surface area contributed by atoms with Crippen molar-refractivity contribution < 1.29 is 14.7 Å². The summed E-state index contributed by atoms with van der Waals surface area (Å²) in [6, 6.07) is 5.31. The number of hydrogen-bond acceptors (Lipinski definition) is 2. The van der Waals surface area contributed by atoms with Gasteiger partial charge in [0.15, 0.2) is 0 Å². The van der Waals surface area contributed by atoms with Crippen LogP contribution in [0.4, 0.5) is 0 Å². The summed E-state index contributed by atoms with van der Waals surface area (Å²) in [5, 5.41) is 10.2. The van der Waals surface area contributed by atoms with Gasteiger partial charge in [0, 0.05) is 29.1 Å². The molecule has 1 aliphatic heterocycles. The van der Waals surface area contributed by atoms with Crippen molar-refractivity contribution in [2.45, 2.75) is 38.6 Å². The van der Waals surface area contributed by atoms with Gasteiger partial charge < -0.3 is 10.0 Å². The molecule has 0 aromatic heterocycles. The summed E-state index contributed by atoms with van der Waals surface area (Å²) in [5.74, 6) is -1.31. The summed E-state index contributed by atoms with van der Waals surface area (Å²) in [6.45, 7) is 2.26. The molecule has 1 saturated heterocycles. The van der Waals surface area contributed by atoms with Gasteiger partial charge in [0.05, 0.1) is 5.92 Å². The van der Waals surface area contributed by atoms with E-state index in [1.807, 2.05) is 13.0 Å². The van der Waals surface area contributed by atoms with Gasteiger partial charge in [-0.25, -0.2) is 0 Å². The van der Waals surface area contributed by atoms with Gasteiger partial charge in [-0.15, -0.1) is 0 Å². The van der Waals surface area contributed by atoms with E-state index in [1.165, 1.54) is 0 Å². The first kappa shape index (κ1) is 17.1. The third kappa shape index (κ3) is 4.14. The van der Waals surface area contributed by atoms with E-state index < -0.39 is 11.9 Å². The maximum atomic E-state index is 12.4. The van der Waals surface area contributed by atoms with E-state index in [0.29, 0.717) is 35.9 Å². The number of carbonyl (C=O) groups excluding carboxylic acids is 1. The van der Waals surface area contributed by atoms with Crippen LogP contribution in [-0.2, 0) is 16.0 Å². The summed E-state index contributed by atoms with van der Waals surface area (Å²) in [6.07, 6.45) is 2.20. The maximum absolute atomic E-state index is 12.4. The van der Waals surface area contributed by atoms with E-state index in [2.05, 4.69) is 0 Å². The number of nitrogens with zero attached hydrogens (tertiary/aromatic N) is 1. The van der Waals surface area contributed by atoms with E-state index in [1.54, 1.807) is 17.0 Å². The molecule has 2 rings (SSSR count). The minimum absolute atomic E-state index is 0.0236. The van der Waals surface area contributed by atoms with Gasteiger partial charge in [0.1, 0.15) is 0 Å². The second kappa shape index (κ2) is 7.34. The number of amides is 1. The standard InChI is InChI=1S/C16H19Cl2NO3/c1-10-2-3-12(16(21)22)9-19(10)15(20)7-5-11-4-6-13(17)8-14(11)18/h4,6,8,10,12H,2-3,5,7,9H2,1H3,(H,21,22). The Bertz CT molecular complexity index is 577. The molecule has 1 aromatic rings. The average Bonchev–Trinajstić information content (AvgIpc) is 2.46. The van der Waals surface area contributed by atoms with Crippen LogP contribution in [0.5, 0.6) is 0 Å². The fourth-order valence-corrected chi connectivity index (χ4v) is 3.27. The van der Waals surface area contributed by atoms with Crippen molar-refractivity contribution in [1.29, 1.82) is 0 Å². The minimum atomic E-state index is -0.828. The molecule has 1 N–H and O–H groups in total. The second-order valence-electron chi connectivity index (χ2n) is 5.74. The largest absolute Gasteiger partial charge is 0.481 e. The van der Waals surface area contributed by atoms with E-state index >= 15 is 0 Å². The lowest BCUT2D eigenvalue weighted by Gasteiger charge is -2.36. The molecule has 4 nitrogen and oxygen atoms in total. The van der Waals surface area contributed by atoms with Crippen LogP contribution >= 0.6 is 23.2 Å². The number of hydrogen-bond donors (Lipinski definition) is 1. The van der Waals surface area contributed by atoms with Gasteiger partial charge in [-0.05, 0) is 43.9 Å². The molecule has 2 unspecified atom stereocenters. The lowest BCUT2D eigenvalue weighted by atomic mass is 9.93. The average molecular weight is 344 g/mol. The summed E-state index contributed by atoms with van der Waals surface area (Å²) in [4.78, 5) is 25.2. The fourth-order valence-electron chi connectivity index (χ4n) is 2.77. The predicted octanol–water partition coefficient (Wildman–Crippen LogP) is 3.64. The van der Waals surface area contributed by atoms with Crippen molar-refractivity contribution in [1.82, 2.24) is 4.90 Å². The third-order valence-corrected chi connectivity index (χ3v) is 4.76. The zero-order chi connectivity index (χ0) is 16.3. The molecule has 22 heavy (non-hydrogen) atoms. The second-order valence-corrected chi connectivity index (χ2v) is 6.59. The lowest BCUT2D eigenvalue weighted by molar-refractivity contribution is -0.147. The van der Waals surface area contributed by atoms with E-state index in [4.69, 9.17) is 28.3 Å². The number of carboxylic acids is 1. The summed E-state index contributed by atoms with van der Waals surface area (Å²) in [5.41, 5.74) is 0.874.